The average Bonchev–Trinajstić information content (AvgIpc) is 3.25. The van der Waals surface area contributed by atoms with Crippen LogP contribution in [0.4, 0.5) is 17.1 Å². The number of benzene rings is 2. The normalized spacial score (nSPS) is 17.8. The van der Waals surface area contributed by atoms with Crippen LogP contribution in [0.15, 0.2) is 48.5 Å². The molecule has 0 saturated carbocycles. The topological polar surface area (TPSA) is 44.4 Å². The summed E-state index contributed by atoms with van der Waals surface area (Å²) >= 11 is 0. The smallest absolute Gasteiger partial charge is 0.225 e. The number of hydrogen-bond acceptors (Lipinski definition) is 3. The van der Waals surface area contributed by atoms with Gasteiger partial charge in [-0.3, -0.25) is 4.79 Å². The highest BCUT2D eigenvalue weighted by atomic mass is 35.5. The molecule has 2 aromatic carbocycles. The molecule has 2 heterocycles. The summed E-state index contributed by atoms with van der Waals surface area (Å²) in [4.78, 5) is 14.7. The number of halogens is 2. The molecule has 0 aromatic heterocycles. The summed E-state index contributed by atoms with van der Waals surface area (Å²) in [5.74, 6) is 0.0920. The minimum absolute atomic E-state index is 0. The number of para-hydroxylation sites is 3. The Bertz CT molecular complexity index is 747. The fourth-order valence-electron chi connectivity index (χ4n) is 3.76. The highest BCUT2D eigenvalue weighted by Crippen LogP contribution is 2.38. The molecular weight excluding hydrogens is 369 g/mol. The predicted molar refractivity (Wildman–Crippen MR) is 112 cm³/mol. The van der Waals surface area contributed by atoms with Crippen LogP contribution in [0.5, 0.6) is 0 Å². The van der Waals surface area contributed by atoms with Gasteiger partial charge in [-0.2, -0.15) is 0 Å². The van der Waals surface area contributed by atoms with Crippen LogP contribution in [0.1, 0.15) is 24.8 Å². The molecule has 1 unspecified atom stereocenters. The van der Waals surface area contributed by atoms with Crippen LogP contribution in [-0.4, -0.2) is 25.0 Å². The lowest BCUT2D eigenvalue weighted by Gasteiger charge is -2.23. The van der Waals surface area contributed by atoms with Crippen LogP contribution in [0.3, 0.4) is 0 Å². The highest BCUT2D eigenvalue weighted by Gasteiger charge is 2.23. The molecule has 1 fully saturated rings. The van der Waals surface area contributed by atoms with Crippen molar-refractivity contribution in [2.75, 3.05) is 23.3 Å². The van der Waals surface area contributed by atoms with Crippen molar-refractivity contribution in [1.29, 1.82) is 0 Å². The first-order valence-electron chi connectivity index (χ1n) is 8.79. The molecule has 1 atom stereocenters. The van der Waals surface area contributed by atoms with Crippen molar-refractivity contribution in [3.8, 4) is 0 Å². The van der Waals surface area contributed by atoms with Crippen LogP contribution < -0.4 is 15.5 Å². The third-order valence-electron chi connectivity index (χ3n) is 4.95. The van der Waals surface area contributed by atoms with E-state index >= 15 is 0 Å². The summed E-state index contributed by atoms with van der Waals surface area (Å²) < 4.78 is 0. The third-order valence-corrected chi connectivity index (χ3v) is 4.95. The second-order valence-corrected chi connectivity index (χ2v) is 6.59. The van der Waals surface area contributed by atoms with E-state index in [1.807, 2.05) is 18.2 Å². The van der Waals surface area contributed by atoms with E-state index in [4.69, 9.17) is 0 Å². The summed E-state index contributed by atoms with van der Waals surface area (Å²) in [6.45, 7) is 1.98. The summed E-state index contributed by atoms with van der Waals surface area (Å²) in [5.41, 5.74) is 4.60. The van der Waals surface area contributed by atoms with Gasteiger partial charge in [0.05, 0.1) is 11.4 Å². The molecule has 1 amide bonds. The standard InChI is InChI=1S/C20H23N3O.2ClH/c24-20(14-16-7-5-12-21-16)22-17-8-2-4-10-19(17)23-13-11-15-6-1-3-9-18(15)23;;/h1-4,6,8-10,16,21H,5,7,11-14H2,(H,22,24);2*1H. The number of carbonyl (C=O) groups is 1. The Hall–Kier alpha value is -1.75. The lowest BCUT2D eigenvalue weighted by molar-refractivity contribution is -0.116. The first-order chi connectivity index (χ1) is 11.8. The van der Waals surface area contributed by atoms with Crippen LogP contribution in [0.25, 0.3) is 0 Å². The maximum Gasteiger partial charge on any atom is 0.225 e. The Morgan fingerprint density at radius 3 is 2.58 bits per heavy atom. The SMILES string of the molecule is Cl.Cl.O=C(CC1CCCN1)Nc1ccccc1N1CCc2ccccc21. The van der Waals surface area contributed by atoms with Gasteiger partial charge in [0.25, 0.3) is 0 Å². The lowest BCUT2D eigenvalue weighted by Crippen LogP contribution is -2.28. The van der Waals surface area contributed by atoms with E-state index in [0.29, 0.717) is 12.5 Å². The Kier molecular flexibility index (Phi) is 7.33. The molecule has 1 saturated heterocycles. The summed E-state index contributed by atoms with van der Waals surface area (Å²) in [6.07, 6.45) is 3.85. The van der Waals surface area contributed by atoms with Crippen LogP contribution in [0.2, 0.25) is 0 Å². The number of rotatable bonds is 4. The van der Waals surface area contributed by atoms with E-state index in [2.05, 4.69) is 45.9 Å². The van der Waals surface area contributed by atoms with Gasteiger partial charge in [0, 0.05) is 24.7 Å². The highest BCUT2D eigenvalue weighted by molar-refractivity contribution is 5.95. The molecule has 2 N–H and O–H groups in total. The number of amides is 1. The number of fused-ring (bicyclic) bond motifs is 1. The van der Waals surface area contributed by atoms with Crippen molar-refractivity contribution in [1.82, 2.24) is 5.32 Å². The van der Waals surface area contributed by atoms with Crippen LogP contribution in [-0.2, 0) is 11.2 Å². The first-order valence-corrected chi connectivity index (χ1v) is 8.79. The van der Waals surface area contributed by atoms with E-state index in [9.17, 15) is 4.79 Å². The van der Waals surface area contributed by atoms with Gasteiger partial charge in [-0.25, -0.2) is 0 Å². The minimum atomic E-state index is 0. The predicted octanol–water partition coefficient (Wildman–Crippen LogP) is 4.31. The van der Waals surface area contributed by atoms with Crippen molar-refractivity contribution < 1.29 is 4.79 Å². The second-order valence-electron chi connectivity index (χ2n) is 6.59. The molecule has 6 heteroatoms. The molecule has 4 nitrogen and oxygen atoms in total. The van der Waals surface area contributed by atoms with Crippen molar-refractivity contribution in [3.05, 3.63) is 54.1 Å². The van der Waals surface area contributed by atoms with E-state index in [1.54, 1.807) is 0 Å². The minimum Gasteiger partial charge on any atom is -0.339 e. The number of nitrogens with zero attached hydrogens (tertiary/aromatic N) is 1. The zero-order valence-electron chi connectivity index (χ0n) is 14.6. The Morgan fingerprint density at radius 1 is 1.08 bits per heavy atom. The summed E-state index contributed by atoms with van der Waals surface area (Å²) in [6, 6.07) is 16.9. The summed E-state index contributed by atoms with van der Waals surface area (Å²) in [7, 11) is 0. The quantitative estimate of drug-likeness (QED) is 0.813. The number of nitrogens with one attached hydrogen (secondary N) is 2. The van der Waals surface area contributed by atoms with E-state index < -0.39 is 0 Å². The van der Waals surface area contributed by atoms with Crippen molar-refractivity contribution in [3.63, 3.8) is 0 Å². The second kappa shape index (κ2) is 9.26. The van der Waals surface area contributed by atoms with Gasteiger partial charge >= 0.3 is 0 Å². The van der Waals surface area contributed by atoms with Gasteiger partial charge in [0.1, 0.15) is 0 Å². The van der Waals surface area contributed by atoms with Gasteiger partial charge < -0.3 is 15.5 Å². The Labute approximate surface area is 167 Å². The van der Waals surface area contributed by atoms with Gasteiger partial charge in [-0.1, -0.05) is 30.3 Å². The van der Waals surface area contributed by atoms with E-state index in [0.717, 1.165) is 37.3 Å². The molecular formula is C20H25Cl2N3O. The zero-order chi connectivity index (χ0) is 16.4. The van der Waals surface area contributed by atoms with Crippen molar-refractivity contribution in [2.45, 2.75) is 31.7 Å². The number of anilines is 3. The Morgan fingerprint density at radius 2 is 1.81 bits per heavy atom. The monoisotopic (exact) mass is 393 g/mol. The van der Waals surface area contributed by atoms with Gasteiger partial charge in [-0.05, 0) is 49.6 Å². The molecule has 2 aliphatic heterocycles. The average molecular weight is 394 g/mol. The number of carbonyl (C=O) groups excluding carboxylic acids is 1. The van der Waals surface area contributed by atoms with Crippen molar-refractivity contribution in [2.24, 2.45) is 0 Å². The molecule has 0 aliphatic carbocycles. The van der Waals surface area contributed by atoms with Gasteiger partial charge in [-0.15, -0.1) is 24.8 Å². The van der Waals surface area contributed by atoms with Crippen molar-refractivity contribution >= 4 is 47.8 Å². The maximum atomic E-state index is 12.4. The maximum absolute atomic E-state index is 12.4. The Balaban J connectivity index is 0.00000121. The van der Waals surface area contributed by atoms with E-state index in [1.165, 1.54) is 17.7 Å². The largest absolute Gasteiger partial charge is 0.339 e. The van der Waals surface area contributed by atoms with Crippen LogP contribution in [0, 0.1) is 0 Å². The lowest BCUT2D eigenvalue weighted by atomic mass is 10.1. The molecule has 140 valence electrons. The summed E-state index contributed by atoms with van der Waals surface area (Å²) in [5, 5.41) is 6.51. The molecule has 0 bridgehead atoms. The fourth-order valence-corrected chi connectivity index (χ4v) is 3.76. The molecule has 2 aromatic rings. The van der Waals surface area contributed by atoms with Gasteiger partial charge in [0.2, 0.25) is 5.91 Å². The first kappa shape index (κ1) is 20.6. The third kappa shape index (κ3) is 4.32. The molecule has 2 aliphatic rings. The fraction of sp³-hybridized carbons (Fsp3) is 0.350. The van der Waals surface area contributed by atoms with Gasteiger partial charge in [0.15, 0.2) is 0 Å². The molecule has 0 spiro atoms. The van der Waals surface area contributed by atoms with E-state index in [-0.39, 0.29) is 30.7 Å². The van der Waals surface area contributed by atoms with Crippen LogP contribution >= 0.6 is 24.8 Å². The zero-order valence-corrected chi connectivity index (χ0v) is 16.2. The molecule has 4 rings (SSSR count). The molecule has 0 radical (unpaired) electrons. The molecule has 26 heavy (non-hydrogen) atoms. The number of hydrogen-bond donors (Lipinski definition) is 2.